The van der Waals surface area contributed by atoms with Crippen molar-refractivity contribution in [2.45, 2.75) is 38.0 Å². The topological polar surface area (TPSA) is 15.3 Å². The highest BCUT2D eigenvalue weighted by Gasteiger charge is 2.38. The number of benzene rings is 1. The molecular weight excluding hydrogens is 265 g/mol. The first kappa shape index (κ1) is 15.3. The molecule has 0 aliphatic carbocycles. The third-order valence-corrected chi connectivity index (χ3v) is 4.01. The van der Waals surface area contributed by atoms with E-state index in [1.54, 1.807) is 0 Å². The van der Waals surface area contributed by atoms with Gasteiger partial charge in [-0.1, -0.05) is 30.3 Å². The predicted molar refractivity (Wildman–Crippen MR) is 73.5 cm³/mol. The van der Waals surface area contributed by atoms with Crippen LogP contribution in [-0.2, 0) is 5.54 Å². The van der Waals surface area contributed by atoms with Gasteiger partial charge in [-0.2, -0.15) is 13.2 Å². The number of halogens is 3. The average Bonchev–Trinajstić information content (AvgIpc) is 2.50. The molecule has 1 aliphatic rings. The van der Waals surface area contributed by atoms with E-state index in [-0.39, 0.29) is 6.04 Å². The fraction of sp³-hybridized carbons (Fsp3) is 0.600. The van der Waals surface area contributed by atoms with E-state index in [0.29, 0.717) is 6.54 Å². The summed E-state index contributed by atoms with van der Waals surface area (Å²) in [6.45, 7) is 4.07. The number of rotatable bonds is 2. The van der Waals surface area contributed by atoms with Crippen LogP contribution in [0.4, 0.5) is 13.2 Å². The van der Waals surface area contributed by atoms with Crippen LogP contribution in [0, 0.1) is 0 Å². The van der Waals surface area contributed by atoms with E-state index in [9.17, 15) is 13.2 Å². The number of nitrogens with one attached hydrogen (secondary N) is 1. The minimum absolute atomic E-state index is 0.0744. The molecule has 0 amide bonds. The summed E-state index contributed by atoms with van der Waals surface area (Å²) in [7, 11) is 0. The van der Waals surface area contributed by atoms with Gasteiger partial charge >= 0.3 is 6.18 Å². The quantitative estimate of drug-likeness (QED) is 0.898. The van der Waals surface area contributed by atoms with Gasteiger partial charge in [0, 0.05) is 12.6 Å². The Bertz CT molecular complexity index is 432. The molecule has 1 fully saturated rings. The molecule has 0 saturated carbocycles. The number of hydrogen-bond acceptors (Lipinski definition) is 2. The van der Waals surface area contributed by atoms with Crippen molar-refractivity contribution in [3.05, 3.63) is 35.9 Å². The van der Waals surface area contributed by atoms with E-state index in [0.717, 1.165) is 18.5 Å². The molecule has 1 aromatic carbocycles. The molecule has 20 heavy (non-hydrogen) atoms. The average molecular weight is 286 g/mol. The lowest BCUT2D eigenvalue weighted by molar-refractivity contribution is -0.151. The van der Waals surface area contributed by atoms with Crippen LogP contribution in [0.3, 0.4) is 0 Å². The zero-order chi connectivity index (χ0) is 14.8. The van der Waals surface area contributed by atoms with Gasteiger partial charge in [-0.05, 0) is 32.4 Å². The molecule has 0 spiro atoms. The van der Waals surface area contributed by atoms with Gasteiger partial charge in [0.15, 0.2) is 0 Å². The lowest BCUT2D eigenvalue weighted by atomic mass is 9.91. The van der Waals surface area contributed by atoms with E-state index in [1.165, 1.54) is 4.90 Å². The molecule has 0 aromatic heterocycles. The second kappa shape index (κ2) is 5.74. The van der Waals surface area contributed by atoms with Crippen LogP contribution in [0.5, 0.6) is 0 Å². The molecular formula is C15H21F3N2. The molecule has 2 nitrogen and oxygen atoms in total. The molecule has 112 valence electrons. The second-order valence-electron chi connectivity index (χ2n) is 5.78. The summed E-state index contributed by atoms with van der Waals surface area (Å²) in [5.74, 6) is 0. The van der Waals surface area contributed by atoms with Gasteiger partial charge in [0.2, 0.25) is 0 Å². The molecule has 1 saturated heterocycles. The fourth-order valence-corrected chi connectivity index (χ4v) is 2.80. The second-order valence-corrected chi connectivity index (χ2v) is 5.78. The Balaban J connectivity index is 2.22. The SMILES string of the molecule is CC1CCNC(C)(c2ccccc2)CN1CC(F)(F)F. The normalized spacial score (nSPS) is 29.1. The first-order valence-corrected chi connectivity index (χ1v) is 6.91. The van der Waals surface area contributed by atoms with Gasteiger partial charge in [0.25, 0.3) is 0 Å². The molecule has 1 aromatic rings. The predicted octanol–water partition coefficient (Wildman–Crippen LogP) is 3.15. The maximum Gasteiger partial charge on any atom is 0.401 e. The van der Waals surface area contributed by atoms with Crippen molar-refractivity contribution in [2.24, 2.45) is 0 Å². The lowest BCUT2D eigenvalue weighted by Gasteiger charge is -2.36. The van der Waals surface area contributed by atoms with Crippen LogP contribution in [0.15, 0.2) is 30.3 Å². The summed E-state index contributed by atoms with van der Waals surface area (Å²) in [6.07, 6.45) is -3.44. The molecule has 0 bridgehead atoms. The molecule has 1 aliphatic heterocycles. The van der Waals surface area contributed by atoms with Crippen LogP contribution in [0.2, 0.25) is 0 Å². The van der Waals surface area contributed by atoms with Gasteiger partial charge < -0.3 is 5.32 Å². The molecule has 2 rings (SSSR count). The minimum Gasteiger partial charge on any atom is -0.306 e. The first-order valence-electron chi connectivity index (χ1n) is 6.91. The lowest BCUT2D eigenvalue weighted by Crippen LogP contribution is -2.49. The standard InChI is InChI=1S/C15H21F3N2/c1-12-8-9-19-14(2,13-6-4-3-5-7-13)10-20(12)11-15(16,17)18/h3-7,12,19H,8-11H2,1-2H3. The molecule has 1 heterocycles. The van der Waals surface area contributed by atoms with Crippen LogP contribution in [0.1, 0.15) is 25.8 Å². The van der Waals surface area contributed by atoms with Crippen molar-refractivity contribution in [2.75, 3.05) is 19.6 Å². The van der Waals surface area contributed by atoms with E-state index in [2.05, 4.69) is 5.32 Å². The zero-order valence-electron chi connectivity index (χ0n) is 11.9. The van der Waals surface area contributed by atoms with Crippen LogP contribution >= 0.6 is 0 Å². The van der Waals surface area contributed by atoms with E-state index < -0.39 is 18.3 Å². The maximum absolute atomic E-state index is 12.7. The Morgan fingerprint density at radius 2 is 1.95 bits per heavy atom. The smallest absolute Gasteiger partial charge is 0.306 e. The molecule has 0 radical (unpaired) electrons. The van der Waals surface area contributed by atoms with Crippen LogP contribution in [-0.4, -0.2) is 36.8 Å². The minimum atomic E-state index is -4.16. The first-order chi connectivity index (χ1) is 9.30. The Kier molecular flexibility index (Phi) is 4.39. The van der Waals surface area contributed by atoms with Crippen molar-refractivity contribution in [3.63, 3.8) is 0 Å². The number of alkyl halides is 3. The van der Waals surface area contributed by atoms with Crippen molar-refractivity contribution in [3.8, 4) is 0 Å². The summed E-state index contributed by atoms with van der Waals surface area (Å²) < 4.78 is 38.2. The van der Waals surface area contributed by atoms with Crippen molar-refractivity contribution in [1.82, 2.24) is 10.2 Å². The molecule has 2 unspecified atom stereocenters. The molecule has 5 heteroatoms. The van der Waals surface area contributed by atoms with E-state index in [1.807, 2.05) is 44.2 Å². The summed E-state index contributed by atoms with van der Waals surface area (Å²) in [4.78, 5) is 1.53. The summed E-state index contributed by atoms with van der Waals surface area (Å²) >= 11 is 0. The van der Waals surface area contributed by atoms with Gasteiger partial charge in [0.05, 0.1) is 12.1 Å². The summed E-state index contributed by atoms with van der Waals surface area (Å²) in [5.41, 5.74) is 0.582. The molecule has 1 N–H and O–H groups in total. The number of nitrogens with zero attached hydrogens (tertiary/aromatic N) is 1. The summed E-state index contributed by atoms with van der Waals surface area (Å²) in [6, 6.07) is 9.62. The van der Waals surface area contributed by atoms with Gasteiger partial charge in [-0.3, -0.25) is 4.90 Å². The highest BCUT2D eigenvalue weighted by molar-refractivity contribution is 5.24. The van der Waals surface area contributed by atoms with Crippen molar-refractivity contribution >= 4 is 0 Å². The van der Waals surface area contributed by atoms with Gasteiger partial charge in [0.1, 0.15) is 0 Å². The third kappa shape index (κ3) is 3.73. The summed E-state index contributed by atoms with van der Waals surface area (Å²) in [5, 5.41) is 3.41. The Hall–Kier alpha value is -1.07. The Morgan fingerprint density at radius 3 is 2.55 bits per heavy atom. The fourth-order valence-electron chi connectivity index (χ4n) is 2.80. The molecule has 2 atom stereocenters. The van der Waals surface area contributed by atoms with Gasteiger partial charge in [-0.25, -0.2) is 0 Å². The van der Waals surface area contributed by atoms with Crippen LogP contribution < -0.4 is 5.32 Å². The van der Waals surface area contributed by atoms with Crippen molar-refractivity contribution < 1.29 is 13.2 Å². The largest absolute Gasteiger partial charge is 0.401 e. The highest BCUT2D eigenvalue weighted by atomic mass is 19.4. The highest BCUT2D eigenvalue weighted by Crippen LogP contribution is 2.28. The monoisotopic (exact) mass is 286 g/mol. The number of hydrogen-bond donors (Lipinski definition) is 1. The zero-order valence-corrected chi connectivity index (χ0v) is 11.9. The third-order valence-electron chi connectivity index (χ3n) is 4.01. The van der Waals surface area contributed by atoms with E-state index in [4.69, 9.17) is 0 Å². The van der Waals surface area contributed by atoms with Gasteiger partial charge in [-0.15, -0.1) is 0 Å². The van der Waals surface area contributed by atoms with Crippen LogP contribution in [0.25, 0.3) is 0 Å². The maximum atomic E-state index is 12.7. The van der Waals surface area contributed by atoms with Crippen molar-refractivity contribution in [1.29, 1.82) is 0 Å². The Morgan fingerprint density at radius 1 is 1.30 bits per heavy atom. The Labute approximate surface area is 118 Å². The van der Waals surface area contributed by atoms with E-state index >= 15 is 0 Å².